The molecule has 5 nitrogen and oxygen atoms in total. The second-order valence-corrected chi connectivity index (χ2v) is 5.62. The van der Waals surface area contributed by atoms with E-state index in [9.17, 15) is 9.59 Å². The van der Waals surface area contributed by atoms with Crippen LogP contribution in [0, 0.1) is 13.8 Å². The van der Waals surface area contributed by atoms with E-state index in [1.807, 2.05) is 32.9 Å². The van der Waals surface area contributed by atoms with Gasteiger partial charge in [0.05, 0.1) is 6.04 Å². The van der Waals surface area contributed by atoms with Gasteiger partial charge < -0.3 is 15.2 Å². The summed E-state index contributed by atoms with van der Waals surface area (Å²) in [5.41, 5.74) is 3.32. The first-order valence-electron chi connectivity index (χ1n) is 7.14. The highest BCUT2D eigenvalue weighted by Crippen LogP contribution is 2.23. The molecule has 1 aliphatic heterocycles. The van der Waals surface area contributed by atoms with E-state index in [1.165, 1.54) is 0 Å². The summed E-state index contributed by atoms with van der Waals surface area (Å²) < 4.78 is 5.26. The molecule has 0 aromatic heterocycles. The maximum atomic E-state index is 12.2. The lowest BCUT2D eigenvalue weighted by Gasteiger charge is -2.19. The van der Waals surface area contributed by atoms with Gasteiger partial charge >= 0.3 is 5.97 Å². The SMILES string of the molecule is Cc1ccc(C)c(C(C)NC(=O)[C@@H]2CC[C@H](C(=O)O)O2)c1. The van der Waals surface area contributed by atoms with Crippen molar-refractivity contribution in [3.05, 3.63) is 34.9 Å². The topological polar surface area (TPSA) is 75.6 Å². The van der Waals surface area contributed by atoms with Gasteiger partial charge in [0, 0.05) is 0 Å². The minimum absolute atomic E-state index is 0.134. The van der Waals surface area contributed by atoms with Crippen LogP contribution in [0.25, 0.3) is 0 Å². The molecule has 1 unspecified atom stereocenters. The van der Waals surface area contributed by atoms with Crippen molar-refractivity contribution in [2.45, 2.75) is 51.9 Å². The Kier molecular flexibility index (Phi) is 4.63. The molecule has 1 amide bonds. The summed E-state index contributed by atoms with van der Waals surface area (Å²) in [6.45, 7) is 5.93. The third-order valence-corrected chi connectivity index (χ3v) is 3.85. The van der Waals surface area contributed by atoms with Crippen molar-refractivity contribution in [2.75, 3.05) is 0 Å². The zero-order valence-electron chi connectivity index (χ0n) is 12.6. The Morgan fingerprint density at radius 2 is 1.95 bits per heavy atom. The second kappa shape index (κ2) is 6.26. The molecule has 1 saturated heterocycles. The van der Waals surface area contributed by atoms with Gasteiger partial charge in [-0.05, 0) is 44.7 Å². The van der Waals surface area contributed by atoms with Crippen LogP contribution in [0.2, 0.25) is 0 Å². The van der Waals surface area contributed by atoms with Crippen LogP contribution in [0.5, 0.6) is 0 Å². The molecule has 5 heteroatoms. The summed E-state index contributed by atoms with van der Waals surface area (Å²) in [6, 6.07) is 5.98. The van der Waals surface area contributed by atoms with Gasteiger partial charge in [-0.25, -0.2) is 4.79 Å². The zero-order chi connectivity index (χ0) is 15.6. The Labute approximate surface area is 124 Å². The van der Waals surface area contributed by atoms with E-state index in [2.05, 4.69) is 11.4 Å². The fourth-order valence-electron chi connectivity index (χ4n) is 2.62. The third kappa shape index (κ3) is 3.61. The molecule has 1 aromatic carbocycles. The summed E-state index contributed by atoms with van der Waals surface area (Å²) in [5.74, 6) is -1.25. The smallest absolute Gasteiger partial charge is 0.332 e. The van der Waals surface area contributed by atoms with Crippen LogP contribution >= 0.6 is 0 Å². The molecule has 0 aliphatic carbocycles. The van der Waals surface area contributed by atoms with Crippen molar-refractivity contribution in [1.82, 2.24) is 5.32 Å². The molecule has 21 heavy (non-hydrogen) atoms. The number of aryl methyl sites for hydroxylation is 2. The van der Waals surface area contributed by atoms with Crippen LogP contribution in [0.4, 0.5) is 0 Å². The van der Waals surface area contributed by atoms with Crippen molar-refractivity contribution in [2.24, 2.45) is 0 Å². The van der Waals surface area contributed by atoms with Crippen molar-refractivity contribution < 1.29 is 19.4 Å². The number of hydrogen-bond acceptors (Lipinski definition) is 3. The summed E-state index contributed by atoms with van der Waals surface area (Å²) >= 11 is 0. The number of carboxylic acid groups (broad SMARTS) is 1. The average molecular weight is 291 g/mol. The number of hydrogen-bond donors (Lipinski definition) is 2. The Bertz CT molecular complexity index is 555. The summed E-state index contributed by atoms with van der Waals surface area (Å²) in [6.07, 6.45) is -0.705. The van der Waals surface area contributed by atoms with Gasteiger partial charge in [-0.2, -0.15) is 0 Å². The molecule has 114 valence electrons. The van der Waals surface area contributed by atoms with Gasteiger partial charge in [0.25, 0.3) is 0 Å². The third-order valence-electron chi connectivity index (χ3n) is 3.85. The monoisotopic (exact) mass is 291 g/mol. The predicted octanol–water partition coefficient (Wildman–Crippen LogP) is 2.11. The number of aliphatic carboxylic acids is 1. The van der Waals surface area contributed by atoms with Crippen LogP contribution in [0.15, 0.2) is 18.2 Å². The molecule has 1 fully saturated rings. The normalized spacial score (nSPS) is 22.8. The maximum Gasteiger partial charge on any atom is 0.332 e. The van der Waals surface area contributed by atoms with Crippen LogP contribution in [-0.4, -0.2) is 29.2 Å². The van der Waals surface area contributed by atoms with Gasteiger partial charge in [-0.1, -0.05) is 23.8 Å². The van der Waals surface area contributed by atoms with Crippen molar-refractivity contribution in [3.63, 3.8) is 0 Å². The number of carboxylic acids is 1. The summed E-state index contributed by atoms with van der Waals surface area (Å²) in [5, 5.41) is 11.8. The van der Waals surface area contributed by atoms with Crippen LogP contribution in [-0.2, 0) is 14.3 Å². The maximum absolute atomic E-state index is 12.2. The largest absolute Gasteiger partial charge is 0.479 e. The van der Waals surface area contributed by atoms with Gasteiger partial charge in [0.15, 0.2) is 6.10 Å². The van der Waals surface area contributed by atoms with Crippen molar-refractivity contribution in [3.8, 4) is 0 Å². The summed E-state index contributed by atoms with van der Waals surface area (Å²) in [7, 11) is 0. The lowest BCUT2D eigenvalue weighted by atomic mass is 10.00. The molecule has 0 bridgehead atoms. The molecule has 3 atom stereocenters. The molecule has 0 radical (unpaired) electrons. The first-order valence-corrected chi connectivity index (χ1v) is 7.14. The average Bonchev–Trinajstić information content (AvgIpc) is 2.91. The Morgan fingerprint density at radius 3 is 2.57 bits per heavy atom. The highest BCUT2D eigenvalue weighted by Gasteiger charge is 2.35. The van der Waals surface area contributed by atoms with Gasteiger partial charge in [-0.15, -0.1) is 0 Å². The Hall–Kier alpha value is -1.88. The number of ether oxygens (including phenoxy) is 1. The van der Waals surface area contributed by atoms with Crippen LogP contribution < -0.4 is 5.32 Å². The highest BCUT2D eigenvalue weighted by atomic mass is 16.5. The van der Waals surface area contributed by atoms with Crippen molar-refractivity contribution >= 4 is 11.9 Å². The molecule has 1 heterocycles. The highest BCUT2D eigenvalue weighted by molar-refractivity contribution is 5.83. The Balaban J connectivity index is 1.99. The van der Waals surface area contributed by atoms with E-state index in [4.69, 9.17) is 9.84 Å². The van der Waals surface area contributed by atoms with E-state index >= 15 is 0 Å². The number of amides is 1. The zero-order valence-corrected chi connectivity index (χ0v) is 12.6. The van der Waals surface area contributed by atoms with Crippen LogP contribution in [0.3, 0.4) is 0 Å². The molecule has 2 N–H and O–H groups in total. The first-order chi connectivity index (χ1) is 9.88. The number of benzene rings is 1. The standard InChI is InChI=1S/C16H21NO4/c1-9-4-5-10(2)12(8-9)11(3)17-15(18)13-6-7-14(21-13)16(19)20/h4-5,8,11,13-14H,6-7H2,1-3H3,(H,17,18)(H,19,20)/t11?,13-,14+/m0/s1. The fraction of sp³-hybridized carbons (Fsp3) is 0.500. The van der Waals surface area contributed by atoms with Crippen molar-refractivity contribution in [1.29, 1.82) is 0 Å². The minimum atomic E-state index is -1.01. The van der Waals surface area contributed by atoms with E-state index in [0.29, 0.717) is 12.8 Å². The van der Waals surface area contributed by atoms with E-state index in [-0.39, 0.29) is 11.9 Å². The molecule has 2 rings (SSSR count). The fourth-order valence-corrected chi connectivity index (χ4v) is 2.62. The van der Waals surface area contributed by atoms with Gasteiger partial charge in [0.2, 0.25) is 5.91 Å². The predicted molar refractivity (Wildman–Crippen MR) is 78.0 cm³/mol. The number of rotatable bonds is 4. The quantitative estimate of drug-likeness (QED) is 0.891. The second-order valence-electron chi connectivity index (χ2n) is 5.62. The van der Waals surface area contributed by atoms with E-state index in [0.717, 1.165) is 16.7 Å². The lowest BCUT2D eigenvalue weighted by molar-refractivity contribution is -0.151. The lowest BCUT2D eigenvalue weighted by Crippen LogP contribution is -2.37. The molecular weight excluding hydrogens is 270 g/mol. The van der Waals surface area contributed by atoms with E-state index < -0.39 is 18.2 Å². The molecule has 1 aromatic rings. The Morgan fingerprint density at radius 1 is 1.29 bits per heavy atom. The number of carbonyl (C=O) groups excluding carboxylic acids is 1. The van der Waals surface area contributed by atoms with Gasteiger partial charge in [0.1, 0.15) is 6.10 Å². The number of nitrogens with one attached hydrogen (secondary N) is 1. The van der Waals surface area contributed by atoms with E-state index in [1.54, 1.807) is 0 Å². The summed E-state index contributed by atoms with van der Waals surface area (Å²) in [4.78, 5) is 23.0. The molecular formula is C16H21NO4. The van der Waals surface area contributed by atoms with Gasteiger partial charge in [-0.3, -0.25) is 4.79 Å². The molecule has 1 aliphatic rings. The van der Waals surface area contributed by atoms with Crippen LogP contribution in [0.1, 0.15) is 42.5 Å². The number of carbonyl (C=O) groups is 2. The minimum Gasteiger partial charge on any atom is -0.479 e. The first kappa shape index (κ1) is 15.5. The molecule has 0 spiro atoms. The molecule has 0 saturated carbocycles.